The molecule has 0 unspecified atom stereocenters. The number of aromatic hydroxyl groups is 3. The Labute approximate surface area is 169 Å². The molecule has 0 amide bonds. The number of fused-ring (bicyclic) bond motifs is 1. The summed E-state index contributed by atoms with van der Waals surface area (Å²) in [4.78, 5) is 12.4. The molecule has 0 aliphatic rings. The van der Waals surface area contributed by atoms with Crippen molar-refractivity contribution >= 4 is 29.2 Å². The molecule has 0 saturated heterocycles. The Morgan fingerprint density at radius 2 is 1.48 bits per heavy atom. The molecule has 1 heterocycles. The van der Waals surface area contributed by atoms with Gasteiger partial charge < -0.3 is 24.5 Å². The monoisotopic (exact) mass is 406 g/mol. The van der Waals surface area contributed by atoms with Crippen molar-refractivity contribution in [1.29, 1.82) is 0 Å². The van der Waals surface area contributed by atoms with Gasteiger partial charge in [-0.25, -0.2) is 4.79 Å². The lowest BCUT2D eigenvalue weighted by Crippen LogP contribution is -2.08. The summed E-state index contributed by atoms with van der Waals surface area (Å²) in [5.41, 5.74) is 1.59. The van der Waals surface area contributed by atoms with Gasteiger partial charge in [0.15, 0.2) is 5.75 Å². The van der Waals surface area contributed by atoms with Crippen LogP contribution >= 0.6 is 12.2 Å². The fourth-order valence-electron chi connectivity index (χ4n) is 2.90. The van der Waals surface area contributed by atoms with E-state index < -0.39 is 5.97 Å². The molecule has 4 aromatic rings. The molecule has 0 aliphatic heterocycles. The SMILES string of the molecule is O=C(Oc1cc2oc(O)c(-c3ccc(O)cc3)c2ccc1=S)c1ccc(O)cc1. The largest absolute Gasteiger partial charge is 0.508 e. The highest BCUT2D eigenvalue weighted by atomic mass is 32.1. The quantitative estimate of drug-likeness (QED) is 0.319. The number of phenols is 2. The third kappa shape index (κ3) is 3.63. The number of hydrogen-bond acceptors (Lipinski definition) is 7. The first kappa shape index (κ1) is 18.5. The second-order valence-corrected chi connectivity index (χ2v) is 6.69. The number of carbonyl (C=O) groups is 1. The van der Waals surface area contributed by atoms with Gasteiger partial charge in [-0.3, -0.25) is 0 Å². The van der Waals surface area contributed by atoms with E-state index in [1.807, 2.05) is 0 Å². The molecule has 0 bridgehead atoms. The van der Waals surface area contributed by atoms with E-state index in [1.54, 1.807) is 24.3 Å². The number of esters is 1. The summed E-state index contributed by atoms with van der Waals surface area (Å²) in [6.07, 6.45) is 0. The Bertz CT molecular complexity index is 1270. The van der Waals surface area contributed by atoms with Crippen LogP contribution in [0.1, 0.15) is 10.4 Å². The molecule has 0 atom stereocenters. The zero-order chi connectivity index (χ0) is 20.5. The molecule has 3 N–H and O–H groups in total. The van der Waals surface area contributed by atoms with Gasteiger partial charge in [-0.2, -0.15) is 0 Å². The first-order chi connectivity index (χ1) is 13.9. The fourth-order valence-corrected chi connectivity index (χ4v) is 3.06. The minimum absolute atomic E-state index is 0.0335. The molecule has 144 valence electrons. The molecular formula is C22H14O6S. The Hall–Kier alpha value is -3.84. The number of ether oxygens (including phenoxy) is 1. The van der Waals surface area contributed by atoms with Crippen LogP contribution in [0.25, 0.3) is 22.1 Å². The predicted octanol–water partition coefficient (Wildman–Crippen LogP) is 5.17. The minimum atomic E-state index is -0.648. The van der Waals surface area contributed by atoms with Crippen LogP contribution in [-0.4, -0.2) is 21.3 Å². The molecule has 7 heteroatoms. The van der Waals surface area contributed by atoms with E-state index in [9.17, 15) is 20.1 Å². The fraction of sp³-hybridized carbons (Fsp3) is 0. The summed E-state index contributed by atoms with van der Waals surface area (Å²) in [6, 6.07) is 16.6. The number of benzene rings is 2. The zero-order valence-corrected chi connectivity index (χ0v) is 15.6. The first-order valence-corrected chi connectivity index (χ1v) is 8.93. The summed E-state index contributed by atoms with van der Waals surface area (Å²) >= 11 is 5.32. The van der Waals surface area contributed by atoms with Crippen LogP contribution in [0.5, 0.6) is 23.2 Å². The lowest BCUT2D eigenvalue weighted by Gasteiger charge is -2.03. The van der Waals surface area contributed by atoms with Gasteiger partial charge in [0.25, 0.3) is 5.95 Å². The van der Waals surface area contributed by atoms with Crippen LogP contribution in [-0.2, 0) is 0 Å². The summed E-state index contributed by atoms with van der Waals surface area (Å²) in [5.74, 6) is -0.725. The summed E-state index contributed by atoms with van der Waals surface area (Å²) in [6.45, 7) is 0. The maximum Gasteiger partial charge on any atom is 0.343 e. The molecule has 1 aromatic heterocycles. The summed E-state index contributed by atoms with van der Waals surface area (Å²) in [5, 5.41) is 29.7. The zero-order valence-electron chi connectivity index (χ0n) is 14.8. The smallest absolute Gasteiger partial charge is 0.343 e. The van der Waals surface area contributed by atoms with E-state index >= 15 is 0 Å². The van der Waals surface area contributed by atoms with E-state index in [4.69, 9.17) is 21.4 Å². The normalized spacial score (nSPS) is 10.8. The van der Waals surface area contributed by atoms with E-state index in [1.165, 1.54) is 42.5 Å². The highest BCUT2D eigenvalue weighted by molar-refractivity contribution is 7.71. The summed E-state index contributed by atoms with van der Waals surface area (Å²) < 4.78 is 11.2. The van der Waals surface area contributed by atoms with Crippen molar-refractivity contribution in [2.24, 2.45) is 0 Å². The van der Waals surface area contributed by atoms with Crippen molar-refractivity contribution in [3.05, 3.63) is 76.8 Å². The highest BCUT2D eigenvalue weighted by Crippen LogP contribution is 2.40. The third-order valence-corrected chi connectivity index (χ3v) is 4.66. The molecule has 0 spiro atoms. The van der Waals surface area contributed by atoms with E-state index in [-0.39, 0.29) is 38.9 Å². The maximum absolute atomic E-state index is 12.4. The molecular weight excluding hydrogens is 392 g/mol. The molecule has 3 aromatic carbocycles. The Kier molecular flexibility index (Phi) is 4.66. The van der Waals surface area contributed by atoms with Crippen LogP contribution in [0.4, 0.5) is 0 Å². The predicted molar refractivity (Wildman–Crippen MR) is 109 cm³/mol. The molecule has 0 fully saturated rings. The molecule has 6 nitrogen and oxygen atoms in total. The molecule has 4 rings (SSSR count). The van der Waals surface area contributed by atoms with Crippen molar-refractivity contribution in [3.63, 3.8) is 0 Å². The second kappa shape index (κ2) is 7.29. The first-order valence-electron chi connectivity index (χ1n) is 8.53. The van der Waals surface area contributed by atoms with Gasteiger partial charge in [-0.05, 0) is 54.1 Å². The number of hydrogen-bond donors (Lipinski definition) is 3. The van der Waals surface area contributed by atoms with Gasteiger partial charge in [0.2, 0.25) is 0 Å². The maximum atomic E-state index is 12.4. The average Bonchev–Trinajstić information content (AvgIpc) is 2.93. The van der Waals surface area contributed by atoms with E-state index in [0.29, 0.717) is 16.5 Å². The molecule has 29 heavy (non-hydrogen) atoms. The van der Waals surface area contributed by atoms with Crippen LogP contribution < -0.4 is 4.74 Å². The van der Waals surface area contributed by atoms with Crippen molar-refractivity contribution < 1.29 is 29.3 Å². The van der Waals surface area contributed by atoms with Gasteiger partial charge in [0, 0.05) is 11.5 Å². The van der Waals surface area contributed by atoms with Crippen LogP contribution in [0, 0.1) is 4.51 Å². The lowest BCUT2D eigenvalue weighted by molar-refractivity contribution is 0.0734. The second-order valence-electron chi connectivity index (χ2n) is 6.25. The van der Waals surface area contributed by atoms with E-state index in [2.05, 4.69) is 0 Å². The van der Waals surface area contributed by atoms with Gasteiger partial charge in [0.1, 0.15) is 17.1 Å². The van der Waals surface area contributed by atoms with Crippen LogP contribution in [0.2, 0.25) is 0 Å². The molecule has 0 radical (unpaired) electrons. The van der Waals surface area contributed by atoms with Gasteiger partial charge >= 0.3 is 5.97 Å². The number of carbonyl (C=O) groups excluding carboxylic acids is 1. The Morgan fingerprint density at radius 1 is 0.862 bits per heavy atom. The van der Waals surface area contributed by atoms with Crippen LogP contribution in [0.3, 0.4) is 0 Å². The van der Waals surface area contributed by atoms with Crippen molar-refractivity contribution in [1.82, 2.24) is 0 Å². The van der Waals surface area contributed by atoms with Gasteiger partial charge in [-0.15, -0.1) is 0 Å². The van der Waals surface area contributed by atoms with Gasteiger partial charge in [0.05, 0.1) is 15.6 Å². The third-order valence-electron chi connectivity index (χ3n) is 4.32. The minimum Gasteiger partial charge on any atom is -0.508 e. The Morgan fingerprint density at radius 3 is 2.14 bits per heavy atom. The number of rotatable bonds is 3. The van der Waals surface area contributed by atoms with Gasteiger partial charge in [-0.1, -0.05) is 24.4 Å². The number of furan rings is 1. The highest BCUT2D eigenvalue weighted by Gasteiger charge is 2.17. The lowest BCUT2D eigenvalue weighted by atomic mass is 10.1. The van der Waals surface area contributed by atoms with E-state index in [0.717, 1.165) is 0 Å². The Balaban J connectivity index is 1.78. The molecule has 0 saturated carbocycles. The summed E-state index contributed by atoms with van der Waals surface area (Å²) in [7, 11) is 0. The number of phenolic OH excluding ortho intramolecular Hbond substituents is 2. The van der Waals surface area contributed by atoms with Crippen molar-refractivity contribution in [2.45, 2.75) is 0 Å². The van der Waals surface area contributed by atoms with Crippen molar-refractivity contribution in [2.75, 3.05) is 0 Å². The standard InChI is InChI=1S/C22H14O6S/c23-14-5-1-12(2-6-14)20-16-9-10-19(29)18(11-17(16)27-22(20)26)28-21(25)13-3-7-15(24)8-4-13/h1-11,23-24,26H. The average molecular weight is 406 g/mol. The van der Waals surface area contributed by atoms with Crippen molar-refractivity contribution in [3.8, 4) is 34.3 Å². The van der Waals surface area contributed by atoms with Crippen LogP contribution in [0.15, 0.2) is 71.1 Å². The molecule has 0 aliphatic carbocycles. The topological polar surface area (TPSA) is 100 Å².